The first-order valence-electron chi connectivity index (χ1n) is 5.78. The lowest BCUT2D eigenvalue weighted by Gasteiger charge is -2.38. The molecule has 15 heavy (non-hydrogen) atoms. The lowest BCUT2D eigenvalue weighted by molar-refractivity contribution is -0.165. The van der Waals surface area contributed by atoms with Gasteiger partial charge in [-0.25, -0.2) is 0 Å². The molecule has 3 heteroatoms. The zero-order chi connectivity index (χ0) is 11.7. The van der Waals surface area contributed by atoms with Crippen LogP contribution in [0.15, 0.2) is 0 Å². The van der Waals surface area contributed by atoms with Gasteiger partial charge in [0.05, 0.1) is 0 Å². The Bertz CT molecular complexity index is 244. The van der Waals surface area contributed by atoms with E-state index in [1.54, 1.807) is 0 Å². The van der Waals surface area contributed by atoms with Crippen LogP contribution in [0.25, 0.3) is 0 Å². The zero-order valence-electron chi connectivity index (χ0n) is 10.3. The molecule has 0 spiro atoms. The van der Waals surface area contributed by atoms with Crippen molar-refractivity contribution in [3.63, 3.8) is 0 Å². The Morgan fingerprint density at radius 2 is 2.00 bits per heavy atom. The Morgan fingerprint density at radius 1 is 1.40 bits per heavy atom. The molecule has 0 aromatic rings. The van der Waals surface area contributed by atoms with Crippen LogP contribution in [0.5, 0.6) is 0 Å². The first-order valence-corrected chi connectivity index (χ1v) is 5.78. The van der Waals surface area contributed by atoms with E-state index in [0.29, 0.717) is 0 Å². The molecule has 3 nitrogen and oxygen atoms in total. The summed E-state index contributed by atoms with van der Waals surface area (Å²) in [7, 11) is 0. The van der Waals surface area contributed by atoms with Gasteiger partial charge in [-0.3, -0.25) is 4.79 Å². The van der Waals surface area contributed by atoms with Crippen molar-refractivity contribution in [3.8, 4) is 0 Å². The number of ether oxygens (including phenoxy) is 1. The number of carbonyl (C=O) groups is 1. The molecule has 0 unspecified atom stereocenters. The number of hydrogen-bond acceptors (Lipinski definition) is 3. The Kier molecular flexibility index (Phi) is 3.44. The fourth-order valence-corrected chi connectivity index (χ4v) is 2.05. The smallest absolute Gasteiger partial charge is 0.326 e. The molecule has 1 rings (SSSR count). The molecular formula is C12H23NO2. The summed E-state index contributed by atoms with van der Waals surface area (Å²) >= 11 is 0. The summed E-state index contributed by atoms with van der Waals surface area (Å²) in [6.45, 7) is 7.67. The first kappa shape index (κ1) is 12.5. The third-order valence-corrected chi connectivity index (χ3v) is 3.14. The molecule has 88 valence electrons. The lowest BCUT2D eigenvalue weighted by atomic mass is 9.74. The van der Waals surface area contributed by atoms with Crippen LogP contribution in [-0.2, 0) is 9.53 Å². The average Bonchev–Trinajstić information content (AvgIpc) is 2.07. The molecule has 2 N–H and O–H groups in total. The van der Waals surface area contributed by atoms with E-state index in [0.717, 1.165) is 19.3 Å². The average molecular weight is 213 g/mol. The molecule has 0 amide bonds. The predicted molar refractivity (Wildman–Crippen MR) is 60.4 cm³/mol. The maximum atomic E-state index is 12.0. The fourth-order valence-electron chi connectivity index (χ4n) is 2.05. The van der Waals surface area contributed by atoms with E-state index in [-0.39, 0.29) is 11.9 Å². The molecule has 1 saturated carbocycles. The second kappa shape index (κ2) is 4.12. The van der Waals surface area contributed by atoms with Crippen LogP contribution in [0, 0.1) is 5.92 Å². The van der Waals surface area contributed by atoms with Crippen molar-refractivity contribution in [1.82, 2.24) is 0 Å². The second-order valence-corrected chi connectivity index (χ2v) is 5.69. The predicted octanol–water partition coefficient (Wildman–Crippen LogP) is 2.24. The van der Waals surface area contributed by atoms with Gasteiger partial charge in [-0.05, 0) is 39.5 Å². The summed E-state index contributed by atoms with van der Waals surface area (Å²) < 4.78 is 5.39. The normalized spacial score (nSPS) is 32.5. The standard InChI is InChI=1S/C12H23NO2/c1-9-7-5-6-8-12(9,13)10(14)15-11(2,3)4/h9H,5-8,13H2,1-4H3/t9-,12+/m0/s1. The van der Waals surface area contributed by atoms with E-state index in [1.165, 1.54) is 6.42 Å². The number of rotatable bonds is 1. The molecule has 2 atom stereocenters. The van der Waals surface area contributed by atoms with Gasteiger partial charge in [-0.1, -0.05) is 19.8 Å². The molecule has 1 aliphatic carbocycles. The van der Waals surface area contributed by atoms with Gasteiger partial charge < -0.3 is 10.5 Å². The van der Waals surface area contributed by atoms with Gasteiger partial charge in [0, 0.05) is 0 Å². The van der Waals surface area contributed by atoms with Gasteiger partial charge in [0.1, 0.15) is 11.1 Å². The van der Waals surface area contributed by atoms with E-state index in [9.17, 15) is 4.79 Å². The van der Waals surface area contributed by atoms with Gasteiger partial charge in [0.15, 0.2) is 0 Å². The highest BCUT2D eigenvalue weighted by molar-refractivity contribution is 5.81. The van der Waals surface area contributed by atoms with Crippen LogP contribution in [-0.4, -0.2) is 17.1 Å². The van der Waals surface area contributed by atoms with Gasteiger partial charge in [-0.2, -0.15) is 0 Å². The van der Waals surface area contributed by atoms with Gasteiger partial charge >= 0.3 is 5.97 Å². The molecule has 0 radical (unpaired) electrons. The Hall–Kier alpha value is -0.570. The summed E-state index contributed by atoms with van der Waals surface area (Å²) in [4.78, 5) is 12.0. The van der Waals surface area contributed by atoms with Crippen LogP contribution in [0.2, 0.25) is 0 Å². The highest BCUT2D eigenvalue weighted by Crippen LogP contribution is 2.33. The minimum Gasteiger partial charge on any atom is -0.459 e. The van der Waals surface area contributed by atoms with E-state index in [4.69, 9.17) is 10.5 Å². The van der Waals surface area contributed by atoms with Crippen molar-refractivity contribution in [3.05, 3.63) is 0 Å². The first-order chi connectivity index (χ1) is 6.76. The summed E-state index contributed by atoms with van der Waals surface area (Å²) in [5.41, 5.74) is 4.98. The third kappa shape index (κ3) is 2.94. The second-order valence-electron chi connectivity index (χ2n) is 5.69. The molecule has 0 saturated heterocycles. The van der Waals surface area contributed by atoms with Crippen LogP contribution >= 0.6 is 0 Å². The van der Waals surface area contributed by atoms with Crippen molar-refractivity contribution in [1.29, 1.82) is 0 Å². The van der Waals surface area contributed by atoms with Crippen molar-refractivity contribution >= 4 is 5.97 Å². The summed E-state index contributed by atoms with van der Waals surface area (Å²) in [6.07, 6.45) is 3.97. The molecule has 1 fully saturated rings. The van der Waals surface area contributed by atoms with Gasteiger partial charge in [0.25, 0.3) is 0 Å². The van der Waals surface area contributed by atoms with Crippen molar-refractivity contribution < 1.29 is 9.53 Å². The number of carbonyl (C=O) groups excluding carboxylic acids is 1. The van der Waals surface area contributed by atoms with E-state index < -0.39 is 11.1 Å². The van der Waals surface area contributed by atoms with Crippen LogP contribution in [0.1, 0.15) is 53.4 Å². The van der Waals surface area contributed by atoms with Crippen molar-refractivity contribution in [2.24, 2.45) is 11.7 Å². The minimum atomic E-state index is -0.758. The lowest BCUT2D eigenvalue weighted by Crippen LogP contribution is -2.56. The molecule has 0 bridgehead atoms. The molecule has 0 heterocycles. The highest BCUT2D eigenvalue weighted by atomic mass is 16.6. The van der Waals surface area contributed by atoms with Crippen LogP contribution in [0.4, 0.5) is 0 Å². The zero-order valence-corrected chi connectivity index (χ0v) is 10.3. The van der Waals surface area contributed by atoms with Crippen LogP contribution in [0.3, 0.4) is 0 Å². The molecule has 0 aromatic heterocycles. The van der Waals surface area contributed by atoms with Crippen LogP contribution < -0.4 is 5.73 Å². The van der Waals surface area contributed by atoms with Gasteiger partial charge in [-0.15, -0.1) is 0 Å². The van der Waals surface area contributed by atoms with Crippen molar-refractivity contribution in [2.45, 2.75) is 64.5 Å². The summed E-state index contributed by atoms with van der Waals surface area (Å²) in [5.74, 6) is -0.0108. The SMILES string of the molecule is C[C@H]1CCCC[C@]1(N)C(=O)OC(C)(C)C. The topological polar surface area (TPSA) is 52.3 Å². The number of esters is 1. The number of hydrogen-bond donors (Lipinski definition) is 1. The molecule has 1 aliphatic rings. The Balaban J connectivity index is 2.71. The highest BCUT2D eigenvalue weighted by Gasteiger charge is 2.43. The van der Waals surface area contributed by atoms with E-state index in [1.807, 2.05) is 27.7 Å². The fraction of sp³-hybridized carbons (Fsp3) is 0.917. The third-order valence-electron chi connectivity index (χ3n) is 3.14. The minimum absolute atomic E-state index is 0.223. The Labute approximate surface area is 92.4 Å². The Morgan fingerprint density at radius 3 is 2.47 bits per heavy atom. The maximum Gasteiger partial charge on any atom is 0.326 e. The molecule has 0 aliphatic heterocycles. The maximum absolute atomic E-state index is 12.0. The van der Waals surface area contributed by atoms with E-state index >= 15 is 0 Å². The molecular weight excluding hydrogens is 190 g/mol. The number of nitrogens with two attached hydrogens (primary N) is 1. The monoisotopic (exact) mass is 213 g/mol. The largest absolute Gasteiger partial charge is 0.459 e. The quantitative estimate of drug-likeness (QED) is 0.680. The molecule has 0 aromatic carbocycles. The summed E-state index contributed by atoms with van der Waals surface area (Å²) in [6, 6.07) is 0. The summed E-state index contributed by atoms with van der Waals surface area (Å²) in [5, 5.41) is 0. The van der Waals surface area contributed by atoms with E-state index in [2.05, 4.69) is 0 Å². The van der Waals surface area contributed by atoms with Gasteiger partial charge in [0.2, 0.25) is 0 Å². The van der Waals surface area contributed by atoms with Crippen molar-refractivity contribution in [2.75, 3.05) is 0 Å².